The van der Waals surface area contributed by atoms with Gasteiger partial charge in [-0.2, -0.15) is 8.78 Å². The fourth-order valence-corrected chi connectivity index (χ4v) is 1.90. The highest BCUT2D eigenvalue weighted by atomic mass is 19.3. The summed E-state index contributed by atoms with van der Waals surface area (Å²) >= 11 is 0. The zero-order valence-electron chi connectivity index (χ0n) is 9.17. The van der Waals surface area contributed by atoms with Gasteiger partial charge in [0.25, 0.3) is 0 Å². The van der Waals surface area contributed by atoms with E-state index in [1.54, 1.807) is 12.1 Å². The van der Waals surface area contributed by atoms with Gasteiger partial charge in [0.2, 0.25) is 0 Å². The first-order valence-corrected chi connectivity index (χ1v) is 5.49. The van der Waals surface area contributed by atoms with Crippen LogP contribution < -0.4 is 10.5 Å². The molecule has 4 heteroatoms. The number of alkyl halides is 2. The molecule has 0 amide bonds. The summed E-state index contributed by atoms with van der Waals surface area (Å²) in [5.74, 6) is 0.662. The van der Waals surface area contributed by atoms with E-state index < -0.39 is 6.61 Å². The third-order valence-corrected chi connectivity index (χ3v) is 2.89. The van der Waals surface area contributed by atoms with Crippen LogP contribution >= 0.6 is 0 Å². The van der Waals surface area contributed by atoms with Crippen LogP contribution in [0.2, 0.25) is 0 Å². The Hall–Kier alpha value is -1.32. The molecule has 0 aliphatic heterocycles. The number of halogens is 2. The van der Waals surface area contributed by atoms with Crippen molar-refractivity contribution in [2.75, 3.05) is 5.73 Å². The lowest BCUT2D eigenvalue weighted by atomic mass is 10.0. The molecule has 1 fully saturated rings. The number of nitrogens with two attached hydrogens (primary N) is 1. The van der Waals surface area contributed by atoms with Crippen molar-refractivity contribution in [1.29, 1.82) is 0 Å². The fourth-order valence-electron chi connectivity index (χ4n) is 1.90. The van der Waals surface area contributed by atoms with Crippen LogP contribution in [0.3, 0.4) is 0 Å². The first-order valence-electron chi connectivity index (χ1n) is 5.49. The van der Waals surface area contributed by atoms with E-state index in [9.17, 15) is 8.78 Å². The first kappa shape index (κ1) is 11.2. The second-order valence-electron chi connectivity index (χ2n) is 4.09. The topological polar surface area (TPSA) is 35.2 Å². The molecule has 0 saturated heterocycles. The molecule has 2 nitrogen and oxygen atoms in total. The van der Waals surface area contributed by atoms with Crippen molar-refractivity contribution in [3.8, 4) is 5.75 Å². The van der Waals surface area contributed by atoms with Crippen molar-refractivity contribution in [2.45, 2.75) is 38.7 Å². The Morgan fingerprint density at radius 2 is 2.12 bits per heavy atom. The van der Waals surface area contributed by atoms with E-state index in [0.717, 1.165) is 36.1 Å². The van der Waals surface area contributed by atoms with E-state index in [-0.39, 0.29) is 5.75 Å². The first-order chi connectivity index (χ1) is 7.61. The average Bonchev–Trinajstić information content (AvgIpc) is 3.03. The predicted molar refractivity (Wildman–Crippen MR) is 58.8 cm³/mol. The van der Waals surface area contributed by atoms with Gasteiger partial charge in [0.15, 0.2) is 0 Å². The minimum Gasteiger partial charge on any atom is -0.435 e. The molecule has 0 bridgehead atoms. The molecule has 88 valence electrons. The molecule has 1 aromatic rings. The zero-order valence-corrected chi connectivity index (χ0v) is 9.17. The van der Waals surface area contributed by atoms with Crippen LogP contribution in [0.5, 0.6) is 5.75 Å². The number of benzene rings is 1. The lowest BCUT2D eigenvalue weighted by Gasteiger charge is -2.13. The van der Waals surface area contributed by atoms with Crippen LogP contribution in [0.1, 0.15) is 36.8 Å². The summed E-state index contributed by atoms with van der Waals surface area (Å²) in [6, 6.07) is 3.26. The van der Waals surface area contributed by atoms with Gasteiger partial charge in [-0.1, -0.05) is 6.92 Å². The van der Waals surface area contributed by atoms with E-state index in [2.05, 4.69) is 4.74 Å². The van der Waals surface area contributed by atoms with E-state index in [1.807, 2.05) is 6.92 Å². The van der Waals surface area contributed by atoms with Gasteiger partial charge < -0.3 is 10.5 Å². The summed E-state index contributed by atoms with van der Waals surface area (Å²) in [5, 5.41) is 0. The molecular formula is C12H15F2NO. The van der Waals surface area contributed by atoms with Gasteiger partial charge in [-0.25, -0.2) is 0 Å². The second-order valence-corrected chi connectivity index (χ2v) is 4.09. The van der Waals surface area contributed by atoms with Crippen molar-refractivity contribution in [3.05, 3.63) is 23.3 Å². The van der Waals surface area contributed by atoms with Crippen LogP contribution in [-0.4, -0.2) is 6.61 Å². The summed E-state index contributed by atoms with van der Waals surface area (Å²) in [7, 11) is 0. The molecule has 0 spiro atoms. The van der Waals surface area contributed by atoms with Gasteiger partial charge in [0, 0.05) is 5.69 Å². The minimum atomic E-state index is -2.78. The highest BCUT2D eigenvalue weighted by Crippen LogP contribution is 2.45. The maximum atomic E-state index is 12.2. The number of nitrogen functional groups attached to an aromatic ring is 1. The van der Waals surface area contributed by atoms with Crippen LogP contribution in [0.4, 0.5) is 14.5 Å². The number of hydrogen-bond acceptors (Lipinski definition) is 2. The normalized spacial score (nSPS) is 15.5. The van der Waals surface area contributed by atoms with Crippen LogP contribution in [-0.2, 0) is 6.42 Å². The second kappa shape index (κ2) is 4.28. The Morgan fingerprint density at radius 3 is 2.62 bits per heavy atom. The molecule has 0 atom stereocenters. The molecular weight excluding hydrogens is 212 g/mol. The quantitative estimate of drug-likeness (QED) is 0.801. The van der Waals surface area contributed by atoms with Crippen LogP contribution in [0.15, 0.2) is 12.1 Å². The lowest BCUT2D eigenvalue weighted by Crippen LogP contribution is -2.05. The molecule has 1 aliphatic rings. The highest BCUT2D eigenvalue weighted by molar-refractivity contribution is 5.59. The summed E-state index contributed by atoms with van der Waals surface area (Å²) in [4.78, 5) is 0. The van der Waals surface area contributed by atoms with E-state index in [1.165, 1.54) is 0 Å². The third kappa shape index (κ3) is 2.26. The maximum absolute atomic E-state index is 12.2. The summed E-state index contributed by atoms with van der Waals surface area (Å²) in [6.45, 7) is -0.825. The van der Waals surface area contributed by atoms with Crippen molar-refractivity contribution in [2.24, 2.45) is 0 Å². The molecule has 1 aromatic carbocycles. The molecule has 16 heavy (non-hydrogen) atoms. The number of anilines is 1. The predicted octanol–water partition coefficient (Wildman–Crippen LogP) is 3.31. The van der Waals surface area contributed by atoms with Gasteiger partial charge in [-0.05, 0) is 48.4 Å². The van der Waals surface area contributed by atoms with Gasteiger partial charge in [-0.15, -0.1) is 0 Å². The molecule has 0 heterocycles. The largest absolute Gasteiger partial charge is 0.435 e. The Morgan fingerprint density at radius 1 is 1.44 bits per heavy atom. The highest BCUT2D eigenvalue weighted by Gasteiger charge is 2.27. The van der Waals surface area contributed by atoms with Gasteiger partial charge >= 0.3 is 6.61 Å². The molecule has 0 unspecified atom stereocenters. The van der Waals surface area contributed by atoms with Gasteiger partial charge in [-0.3, -0.25) is 0 Å². The van der Waals surface area contributed by atoms with Crippen molar-refractivity contribution < 1.29 is 13.5 Å². The Bertz CT molecular complexity index is 389. The van der Waals surface area contributed by atoms with E-state index in [4.69, 9.17) is 5.73 Å². The number of aryl methyl sites for hydroxylation is 1. The van der Waals surface area contributed by atoms with Crippen molar-refractivity contribution >= 4 is 5.69 Å². The summed E-state index contributed by atoms with van der Waals surface area (Å²) < 4.78 is 28.7. The minimum absolute atomic E-state index is 0.225. The van der Waals surface area contributed by atoms with Crippen molar-refractivity contribution in [1.82, 2.24) is 0 Å². The molecule has 0 aromatic heterocycles. The van der Waals surface area contributed by atoms with Gasteiger partial charge in [0.05, 0.1) is 0 Å². The van der Waals surface area contributed by atoms with E-state index in [0.29, 0.717) is 5.92 Å². The molecule has 2 N–H and O–H groups in total. The zero-order chi connectivity index (χ0) is 11.7. The summed E-state index contributed by atoms with van der Waals surface area (Å²) in [6.07, 6.45) is 2.91. The molecule has 0 radical (unpaired) electrons. The monoisotopic (exact) mass is 227 g/mol. The van der Waals surface area contributed by atoms with Crippen molar-refractivity contribution in [3.63, 3.8) is 0 Å². The number of hydrogen-bond donors (Lipinski definition) is 1. The fraction of sp³-hybridized carbons (Fsp3) is 0.500. The maximum Gasteiger partial charge on any atom is 0.387 e. The third-order valence-electron chi connectivity index (χ3n) is 2.89. The van der Waals surface area contributed by atoms with E-state index >= 15 is 0 Å². The SMILES string of the molecule is CCc1cc(OC(F)F)cc(C2CC2)c1N. The number of ether oxygens (including phenoxy) is 1. The Kier molecular flexibility index (Phi) is 2.99. The lowest BCUT2D eigenvalue weighted by molar-refractivity contribution is -0.0499. The van der Waals surface area contributed by atoms with Gasteiger partial charge in [0.1, 0.15) is 5.75 Å². The number of rotatable bonds is 4. The molecule has 1 saturated carbocycles. The average molecular weight is 227 g/mol. The van der Waals surface area contributed by atoms with Crippen LogP contribution in [0.25, 0.3) is 0 Å². The molecule has 1 aliphatic carbocycles. The van der Waals surface area contributed by atoms with Crippen LogP contribution in [0, 0.1) is 0 Å². The standard InChI is InChI=1S/C12H15F2NO/c1-2-7-5-9(16-12(13)14)6-10(11(7)15)8-3-4-8/h5-6,8,12H,2-4,15H2,1H3. The Labute approximate surface area is 93.4 Å². The smallest absolute Gasteiger partial charge is 0.387 e. The summed E-state index contributed by atoms with van der Waals surface area (Å²) in [5.41, 5.74) is 8.59. The molecule has 2 rings (SSSR count). The Balaban J connectivity index is 2.35.